The number of H-pyrrole nitrogens is 1. The Labute approximate surface area is 174 Å². The van der Waals surface area contributed by atoms with Crippen molar-refractivity contribution in [2.24, 2.45) is 4.99 Å². The Morgan fingerprint density at radius 1 is 0.900 bits per heavy atom. The predicted octanol–water partition coefficient (Wildman–Crippen LogP) is 4.12. The second kappa shape index (κ2) is 7.97. The molecule has 3 aromatic carbocycles. The highest BCUT2D eigenvalue weighted by molar-refractivity contribution is 6.19. The molecule has 0 fully saturated rings. The zero-order valence-electron chi connectivity index (χ0n) is 16.4. The molecule has 4 aromatic rings. The van der Waals surface area contributed by atoms with Gasteiger partial charge in [-0.3, -0.25) is 15.1 Å². The summed E-state index contributed by atoms with van der Waals surface area (Å²) in [6.07, 6.45) is 2.18. The van der Waals surface area contributed by atoms with E-state index in [1.54, 1.807) is 0 Å². The van der Waals surface area contributed by atoms with Gasteiger partial charge in [0.1, 0.15) is 0 Å². The van der Waals surface area contributed by atoms with E-state index in [9.17, 15) is 4.79 Å². The van der Waals surface area contributed by atoms with E-state index in [4.69, 9.17) is 4.99 Å². The average molecular weight is 394 g/mol. The van der Waals surface area contributed by atoms with Crippen molar-refractivity contribution < 1.29 is 4.79 Å². The predicted molar refractivity (Wildman–Crippen MR) is 121 cm³/mol. The van der Waals surface area contributed by atoms with Crippen molar-refractivity contribution in [3.63, 3.8) is 0 Å². The van der Waals surface area contributed by atoms with Crippen LogP contribution in [-0.4, -0.2) is 29.3 Å². The number of hydrogen-bond donors (Lipinski definition) is 3. The van der Waals surface area contributed by atoms with E-state index in [0.29, 0.717) is 6.54 Å². The second-order valence-corrected chi connectivity index (χ2v) is 7.34. The monoisotopic (exact) mass is 394 g/mol. The Balaban J connectivity index is 1.41. The van der Waals surface area contributed by atoms with Gasteiger partial charge < -0.3 is 10.3 Å². The first kappa shape index (κ1) is 18.3. The number of aliphatic imine (C=N–C) groups is 1. The van der Waals surface area contributed by atoms with Crippen LogP contribution in [0.3, 0.4) is 0 Å². The van der Waals surface area contributed by atoms with E-state index in [0.717, 1.165) is 34.5 Å². The third-order valence-corrected chi connectivity index (χ3v) is 5.40. The molecule has 5 nitrogen and oxygen atoms in total. The molecule has 1 amide bonds. The summed E-state index contributed by atoms with van der Waals surface area (Å²) in [5.41, 5.74) is 5.87. The van der Waals surface area contributed by atoms with E-state index in [1.165, 1.54) is 10.9 Å². The van der Waals surface area contributed by atoms with Gasteiger partial charge in [-0.1, -0.05) is 66.7 Å². The highest BCUT2D eigenvalue weighted by atomic mass is 16.2. The van der Waals surface area contributed by atoms with Crippen LogP contribution in [0.1, 0.15) is 16.7 Å². The number of fused-ring (bicyclic) bond motifs is 2. The Morgan fingerprint density at radius 2 is 1.67 bits per heavy atom. The van der Waals surface area contributed by atoms with Crippen LogP contribution in [-0.2, 0) is 11.2 Å². The van der Waals surface area contributed by atoms with Gasteiger partial charge in [-0.15, -0.1) is 0 Å². The van der Waals surface area contributed by atoms with Crippen LogP contribution in [0.5, 0.6) is 0 Å². The molecule has 2 heterocycles. The lowest BCUT2D eigenvalue weighted by Gasteiger charge is -2.13. The first-order valence-corrected chi connectivity index (χ1v) is 10.1. The molecular weight excluding hydrogens is 372 g/mol. The topological polar surface area (TPSA) is 69.3 Å². The second-order valence-electron chi connectivity index (χ2n) is 7.34. The average Bonchev–Trinajstić information content (AvgIpc) is 3.14. The van der Waals surface area contributed by atoms with Crippen LogP contribution in [0, 0.1) is 0 Å². The zero-order chi connectivity index (χ0) is 20.3. The summed E-state index contributed by atoms with van der Waals surface area (Å²) in [5.74, 6) is -0.146. The first-order valence-electron chi connectivity index (χ1n) is 10.1. The summed E-state index contributed by atoms with van der Waals surface area (Å²) in [4.78, 5) is 21.0. The summed E-state index contributed by atoms with van der Waals surface area (Å²) in [5, 5.41) is 7.57. The fourth-order valence-corrected chi connectivity index (χ4v) is 3.90. The van der Waals surface area contributed by atoms with Gasteiger partial charge >= 0.3 is 0 Å². The van der Waals surface area contributed by atoms with E-state index >= 15 is 0 Å². The number of carbonyl (C=O) groups is 1. The van der Waals surface area contributed by atoms with Crippen molar-refractivity contribution in [1.29, 1.82) is 0 Å². The number of para-hydroxylation sites is 2. The van der Waals surface area contributed by atoms with E-state index in [1.807, 2.05) is 72.9 Å². The number of benzene rings is 3. The number of amides is 1. The molecule has 5 heteroatoms. The molecule has 0 saturated carbocycles. The van der Waals surface area contributed by atoms with Crippen molar-refractivity contribution in [2.45, 2.75) is 12.6 Å². The molecule has 30 heavy (non-hydrogen) atoms. The molecule has 0 unspecified atom stereocenters. The number of aromatic amines is 1. The van der Waals surface area contributed by atoms with Crippen molar-refractivity contribution in [3.05, 3.63) is 102 Å². The molecule has 5 rings (SSSR count). The highest BCUT2D eigenvalue weighted by Crippen LogP contribution is 2.24. The van der Waals surface area contributed by atoms with Gasteiger partial charge in [0.25, 0.3) is 5.91 Å². The molecule has 1 atom stereocenters. The minimum Gasteiger partial charge on any atom is -0.361 e. The minimum atomic E-state index is -0.655. The molecule has 3 N–H and O–H groups in total. The van der Waals surface area contributed by atoms with Crippen LogP contribution in [0.2, 0.25) is 0 Å². The van der Waals surface area contributed by atoms with Gasteiger partial charge in [-0.2, -0.15) is 0 Å². The fourth-order valence-electron chi connectivity index (χ4n) is 3.90. The maximum atomic E-state index is 12.9. The largest absolute Gasteiger partial charge is 0.361 e. The number of nitrogens with zero attached hydrogens (tertiary/aromatic N) is 1. The summed E-state index contributed by atoms with van der Waals surface area (Å²) >= 11 is 0. The SMILES string of the molecule is O=C1Nc2ccccc2C(c2ccccc2)=N[C@@H]1NCCc1c[nH]c2ccccc12. The lowest BCUT2D eigenvalue weighted by atomic mass is 10.0. The number of nitrogens with one attached hydrogen (secondary N) is 3. The maximum Gasteiger partial charge on any atom is 0.263 e. The van der Waals surface area contributed by atoms with Crippen molar-refractivity contribution in [1.82, 2.24) is 10.3 Å². The number of aromatic nitrogens is 1. The fraction of sp³-hybridized carbons (Fsp3) is 0.120. The van der Waals surface area contributed by atoms with Gasteiger partial charge in [-0.05, 0) is 24.1 Å². The van der Waals surface area contributed by atoms with Gasteiger partial charge in [-0.25, -0.2) is 0 Å². The Hall–Kier alpha value is -3.70. The number of rotatable bonds is 5. The number of anilines is 1. The minimum absolute atomic E-state index is 0.146. The van der Waals surface area contributed by atoms with E-state index in [2.05, 4.69) is 27.8 Å². The normalized spacial score (nSPS) is 15.9. The Morgan fingerprint density at radius 3 is 2.57 bits per heavy atom. The highest BCUT2D eigenvalue weighted by Gasteiger charge is 2.25. The van der Waals surface area contributed by atoms with Crippen molar-refractivity contribution in [2.75, 3.05) is 11.9 Å². The lowest BCUT2D eigenvalue weighted by molar-refractivity contribution is -0.117. The third kappa shape index (κ3) is 3.51. The smallest absolute Gasteiger partial charge is 0.263 e. The number of carbonyl (C=O) groups excluding carboxylic acids is 1. The van der Waals surface area contributed by atoms with Gasteiger partial charge in [0.05, 0.1) is 11.4 Å². The quantitative estimate of drug-likeness (QED) is 0.477. The van der Waals surface area contributed by atoms with Crippen LogP contribution in [0.15, 0.2) is 90.1 Å². The van der Waals surface area contributed by atoms with Crippen molar-refractivity contribution >= 4 is 28.2 Å². The first-order chi connectivity index (χ1) is 14.8. The van der Waals surface area contributed by atoms with Crippen LogP contribution in [0.4, 0.5) is 5.69 Å². The molecule has 1 aliphatic rings. The van der Waals surface area contributed by atoms with Gasteiger partial charge in [0.2, 0.25) is 0 Å². The lowest BCUT2D eigenvalue weighted by Crippen LogP contribution is -2.39. The standard InChI is InChI=1S/C25H22N4O/c30-25-24(26-15-14-18-16-27-21-12-6-4-10-19(18)21)29-23(17-8-2-1-3-9-17)20-11-5-7-13-22(20)28-25/h1-13,16,24,26-27H,14-15H2,(H,28,30)/t24-/m0/s1. The Kier molecular flexibility index (Phi) is 4.87. The molecule has 1 aromatic heterocycles. The molecule has 0 saturated heterocycles. The zero-order valence-corrected chi connectivity index (χ0v) is 16.4. The number of hydrogen-bond acceptors (Lipinski definition) is 3. The van der Waals surface area contributed by atoms with E-state index in [-0.39, 0.29) is 5.91 Å². The molecule has 0 spiro atoms. The molecular formula is C25H22N4O. The van der Waals surface area contributed by atoms with E-state index < -0.39 is 6.17 Å². The number of benzodiazepines with no additional fused rings is 1. The Bertz CT molecular complexity index is 1230. The molecule has 0 bridgehead atoms. The van der Waals surface area contributed by atoms with Gasteiger partial charge in [0.15, 0.2) is 6.17 Å². The summed E-state index contributed by atoms with van der Waals surface area (Å²) in [6.45, 7) is 0.641. The van der Waals surface area contributed by atoms with Gasteiger partial charge in [0, 0.05) is 34.8 Å². The maximum absolute atomic E-state index is 12.9. The summed E-state index contributed by atoms with van der Waals surface area (Å²) in [7, 11) is 0. The molecule has 0 aliphatic carbocycles. The molecule has 0 radical (unpaired) electrons. The third-order valence-electron chi connectivity index (χ3n) is 5.40. The van der Waals surface area contributed by atoms with Crippen LogP contribution >= 0.6 is 0 Å². The van der Waals surface area contributed by atoms with Crippen molar-refractivity contribution in [3.8, 4) is 0 Å². The molecule has 1 aliphatic heterocycles. The molecule has 148 valence electrons. The van der Waals surface area contributed by atoms with Crippen LogP contribution in [0.25, 0.3) is 10.9 Å². The summed E-state index contributed by atoms with van der Waals surface area (Å²) < 4.78 is 0. The van der Waals surface area contributed by atoms with Crippen LogP contribution < -0.4 is 10.6 Å². The summed E-state index contributed by atoms with van der Waals surface area (Å²) in [6, 6.07) is 26.0.